The minimum atomic E-state index is -0.319. The molecule has 0 atom stereocenters. The fourth-order valence-corrected chi connectivity index (χ4v) is 2.25. The van der Waals surface area contributed by atoms with E-state index >= 15 is 0 Å². The number of carbonyl (C=O) groups is 1. The first-order valence-corrected chi connectivity index (χ1v) is 6.78. The fourth-order valence-electron chi connectivity index (χ4n) is 1.12. The predicted molar refractivity (Wildman–Crippen MR) is 75.0 cm³/mol. The van der Waals surface area contributed by atoms with Crippen molar-refractivity contribution in [1.29, 1.82) is 0 Å². The molecule has 0 saturated heterocycles. The van der Waals surface area contributed by atoms with Crippen LogP contribution in [0.1, 0.15) is 2.85 Å². The Morgan fingerprint density at radius 3 is 2.76 bits per heavy atom. The molecule has 1 aromatic carbocycles. The third-order valence-electron chi connectivity index (χ3n) is 1.84. The van der Waals surface area contributed by atoms with Crippen LogP contribution in [0.15, 0.2) is 35.5 Å². The van der Waals surface area contributed by atoms with E-state index in [-0.39, 0.29) is 8.88 Å². The van der Waals surface area contributed by atoms with Crippen molar-refractivity contribution >= 4 is 40.1 Å². The number of hydrogen-bond acceptors (Lipinski definition) is 5. The number of para-hydroxylation sites is 1. The van der Waals surface area contributed by atoms with E-state index in [0.717, 1.165) is 17.2 Å². The van der Waals surface area contributed by atoms with Gasteiger partial charge < -0.3 is 5.32 Å². The monoisotopic (exact) mass is 270 g/mol. The second-order valence-corrected chi connectivity index (χ2v) is 4.56. The molecule has 0 aliphatic heterocycles. The van der Waals surface area contributed by atoms with Gasteiger partial charge in [-0.15, -0.1) is 0 Å². The molecule has 0 saturated carbocycles. The lowest BCUT2D eigenvalue weighted by molar-refractivity contribution is 0.262. The van der Waals surface area contributed by atoms with Gasteiger partial charge in [0.15, 0.2) is 0 Å². The first-order valence-electron chi connectivity index (χ1n) is 4.78. The maximum absolute atomic E-state index is 11.6. The van der Waals surface area contributed by atoms with Crippen LogP contribution in [0.4, 0.5) is 15.6 Å². The molecule has 0 fully saturated rings. The smallest absolute Gasteiger partial charge is 0.308 e. The summed E-state index contributed by atoms with van der Waals surface area (Å²) in [5.74, 6) is 0. The quantitative estimate of drug-likeness (QED) is 0.839. The van der Waals surface area contributed by atoms with Gasteiger partial charge in [-0.1, -0.05) is 30.0 Å². The van der Waals surface area contributed by atoms with Crippen LogP contribution >= 0.6 is 23.3 Å². The van der Waals surface area contributed by atoms with E-state index in [1.54, 1.807) is 0 Å². The number of rotatable bonds is 3. The summed E-state index contributed by atoms with van der Waals surface area (Å²) < 4.78 is 4.05. The third kappa shape index (κ3) is 3.43. The number of thioether (sulfide) groups is 1. The second kappa shape index (κ2) is 5.65. The molecule has 0 aliphatic rings. The van der Waals surface area contributed by atoms with E-state index in [0.29, 0.717) is 10.3 Å². The van der Waals surface area contributed by atoms with Gasteiger partial charge >= 0.3 is 6.03 Å². The minimum absolute atomic E-state index is 0. The van der Waals surface area contributed by atoms with Crippen molar-refractivity contribution in [2.45, 2.75) is 5.16 Å². The Labute approximate surface area is 110 Å². The lowest BCUT2D eigenvalue weighted by Gasteiger charge is -2.03. The van der Waals surface area contributed by atoms with Gasteiger partial charge in [0.2, 0.25) is 10.3 Å². The summed E-state index contributed by atoms with van der Waals surface area (Å²) in [6.07, 6.45) is 1.88. The molecule has 17 heavy (non-hydrogen) atoms. The van der Waals surface area contributed by atoms with Crippen LogP contribution in [0.2, 0.25) is 0 Å². The lowest BCUT2D eigenvalue weighted by Crippen LogP contribution is -2.19. The Morgan fingerprint density at radius 1 is 1.35 bits per heavy atom. The minimum Gasteiger partial charge on any atom is -0.308 e. The summed E-state index contributed by atoms with van der Waals surface area (Å²) in [6.45, 7) is 0. The van der Waals surface area contributed by atoms with E-state index in [1.807, 2.05) is 36.6 Å². The number of nitrogens with zero attached hydrogens (tertiary/aromatic N) is 2. The Hall–Kier alpha value is -1.60. The number of urea groups is 1. The molecule has 1 heterocycles. The summed E-state index contributed by atoms with van der Waals surface area (Å²) >= 11 is 2.60. The van der Waals surface area contributed by atoms with Crippen LogP contribution in [0.25, 0.3) is 0 Å². The zero-order valence-corrected chi connectivity index (χ0v) is 10.6. The standard InChI is InChI=1S/C10H10N4OS2.2H2/c1-16-10-13-9(17-14-10)12-8(15)11-7-5-3-2-4-6-7;;/h2-6H,1H3,(H2,11,12,13,14,15);2*1H. The molecule has 1 aromatic heterocycles. The van der Waals surface area contributed by atoms with Crippen molar-refractivity contribution in [3.63, 3.8) is 0 Å². The number of benzene rings is 1. The van der Waals surface area contributed by atoms with Crippen LogP contribution in [-0.4, -0.2) is 21.6 Å². The summed E-state index contributed by atoms with van der Waals surface area (Å²) in [4.78, 5) is 15.7. The van der Waals surface area contributed by atoms with Gasteiger partial charge in [0.1, 0.15) is 0 Å². The lowest BCUT2D eigenvalue weighted by atomic mass is 10.3. The maximum atomic E-state index is 11.6. The maximum Gasteiger partial charge on any atom is 0.325 e. The zero-order valence-electron chi connectivity index (χ0n) is 9.01. The van der Waals surface area contributed by atoms with E-state index in [4.69, 9.17) is 0 Å². The van der Waals surface area contributed by atoms with Gasteiger partial charge in [0, 0.05) is 20.1 Å². The Balaban J connectivity index is 0.00000162. The van der Waals surface area contributed by atoms with Gasteiger partial charge in [0.25, 0.3) is 0 Å². The van der Waals surface area contributed by atoms with Crippen LogP contribution in [-0.2, 0) is 0 Å². The predicted octanol–water partition coefficient (Wildman–Crippen LogP) is 3.40. The Kier molecular flexibility index (Phi) is 3.94. The number of nitrogens with one attached hydrogen (secondary N) is 2. The molecule has 0 spiro atoms. The van der Waals surface area contributed by atoms with E-state index in [1.165, 1.54) is 11.8 Å². The van der Waals surface area contributed by atoms with E-state index < -0.39 is 0 Å². The molecule has 92 valence electrons. The first kappa shape index (κ1) is 11.9. The summed E-state index contributed by atoms with van der Waals surface area (Å²) in [6, 6.07) is 8.90. The summed E-state index contributed by atoms with van der Waals surface area (Å²) in [5, 5.41) is 6.47. The van der Waals surface area contributed by atoms with Crippen LogP contribution in [0.5, 0.6) is 0 Å². The molecular weight excluding hydrogens is 256 g/mol. The Bertz CT molecular complexity index is 509. The average molecular weight is 270 g/mol. The van der Waals surface area contributed by atoms with E-state index in [2.05, 4.69) is 20.0 Å². The highest BCUT2D eigenvalue weighted by Gasteiger charge is 2.07. The molecule has 0 bridgehead atoms. The molecular formula is C10H14N4OS2. The Morgan fingerprint density at radius 2 is 2.12 bits per heavy atom. The summed E-state index contributed by atoms with van der Waals surface area (Å²) in [7, 11) is 0. The molecule has 5 nitrogen and oxygen atoms in total. The van der Waals surface area contributed by atoms with Gasteiger partial charge in [0.05, 0.1) is 0 Å². The van der Waals surface area contributed by atoms with Crippen molar-refractivity contribution in [2.24, 2.45) is 0 Å². The fraction of sp³-hybridized carbons (Fsp3) is 0.100. The molecule has 0 unspecified atom stereocenters. The molecule has 7 heteroatoms. The van der Waals surface area contributed by atoms with Crippen molar-refractivity contribution < 1.29 is 7.65 Å². The van der Waals surface area contributed by atoms with Gasteiger partial charge in [-0.05, 0) is 18.4 Å². The van der Waals surface area contributed by atoms with Crippen molar-refractivity contribution in [3.8, 4) is 0 Å². The highest BCUT2D eigenvalue weighted by Crippen LogP contribution is 2.17. The summed E-state index contributed by atoms with van der Waals surface area (Å²) in [5.41, 5.74) is 0.736. The normalized spacial score (nSPS) is 9.94. The van der Waals surface area contributed by atoms with E-state index in [9.17, 15) is 4.79 Å². The zero-order chi connectivity index (χ0) is 12.1. The number of anilines is 2. The number of hydrogen-bond donors (Lipinski definition) is 2. The van der Waals surface area contributed by atoms with Crippen molar-refractivity contribution in [2.75, 3.05) is 16.9 Å². The topological polar surface area (TPSA) is 66.9 Å². The van der Waals surface area contributed by atoms with Gasteiger partial charge in [-0.2, -0.15) is 9.36 Å². The van der Waals surface area contributed by atoms with Gasteiger partial charge in [-0.3, -0.25) is 5.32 Å². The largest absolute Gasteiger partial charge is 0.325 e. The molecule has 2 amide bonds. The SMILES string of the molecule is CSc1nsc(NC(=O)Nc2ccccc2)n1.[HH].[HH]. The molecule has 2 aromatic rings. The average Bonchev–Trinajstić information content (AvgIpc) is 2.78. The van der Waals surface area contributed by atoms with Crippen LogP contribution < -0.4 is 10.6 Å². The third-order valence-corrected chi connectivity index (χ3v) is 3.14. The molecule has 2 N–H and O–H groups in total. The molecule has 2 rings (SSSR count). The van der Waals surface area contributed by atoms with Crippen LogP contribution in [0, 0.1) is 0 Å². The highest BCUT2D eigenvalue weighted by molar-refractivity contribution is 7.98. The number of amides is 2. The number of carbonyl (C=O) groups excluding carboxylic acids is 1. The molecule has 0 radical (unpaired) electrons. The number of aromatic nitrogens is 2. The molecule has 0 aliphatic carbocycles. The van der Waals surface area contributed by atoms with Crippen LogP contribution in [0.3, 0.4) is 0 Å². The first-order chi connectivity index (χ1) is 8.28. The van der Waals surface area contributed by atoms with Crippen molar-refractivity contribution in [1.82, 2.24) is 9.36 Å². The second-order valence-electron chi connectivity index (χ2n) is 3.03. The van der Waals surface area contributed by atoms with Gasteiger partial charge in [-0.25, -0.2) is 4.79 Å². The highest BCUT2D eigenvalue weighted by atomic mass is 32.2. The van der Waals surface area contributed by atoms with Crippen molar-refractivity contribution in [3.05, 3.63) is 30.3 Å².